The second-order valence-corrected chi connectivity index (χ2v) is 9.22. The number of benzene rings is 1. The summed E-state index contributed by atoms with van der Waals surface area (Å²) in [7, 11) is 0. The number of ketones is 2. The molecule has 1 saturated heterocycles. The molecule has 0 saturated carbocycles. The number of hydrogen-bond donors (Lipinski definition) is 2. The molecular weight excluding hydrogens is 410 g/mol. The lowest BCUT2D eigenvalue weighted by Crippen LogP contribution is -2.39. The Morgan fingerprint density at radius 1 is 0.969 bits per heavy atom. The summed E-state index contributed by atoms with van der Waals surface area (Å²) in [5.41, 5.74) is 4.00. The molecule has 3 aliphatic carbocycles. The fraction of sp³-hybridized carbons (Fsp3) is 0.360. The summed E-state index contributed by atoms with van der Waals surface area (Å²) in [5.74, 6) is -4.02. The van der Waals surface area contributed by atoms with Crippen LogP contribution in [-0.2, 0) is 19.2 Å². The lowest BCUT2D eigenvalue weighted by atomic mass is 9.59. The quantitative estimate of drug-likeness (QED) is 0.305. The van der Waals surface area contributed by atoms with Crippen molar-refractivity contribution < 1.29 is 29.5 Å². The minimum absolute atomic E-state index is 0.169. The SMILES string of the molecule is CC1=CC(=O)C2=C(C[C@@H]3C(=CC[C@@H]4C(=O)N(O)C(=O)[C@@H]43)[C@@H]2c2cc(C)c(O)c(C)c2)C1=O. The number of fused-ring (bicyclic) bond motifs is 3. The van der Waals surface area contributed by atoms with Gasteiger partial charge in [0, 0.05) is 22.6 Å². The second-order valence-electron chi connectivity index (χ2n) is 9.22. The Balaban J connectivity index is 1.74. The van der Waals surface area contributed by atoms with E-state index in [4.69, 9.17) is 0 Å². The summed E-state index contributed by atoms with van der Waals surface area (Å²) in [6.07, 6.45) is 3.72. The molecule has 1 fully saturated rings. The number of hydroxylamine groups is 2. The number of amides is 2. The van der Waals surface area contributed by atoms with E-state index in [2.05, 4.69) is 0 Å². The maximum Gasteiger partial charge on any atom is 0.257 e. The lowest BCUT2D eigenvalue weighted by Gasteiger charge is -2.42. The monoisotopic (exact) mass is 433 g/mol. The minimum Gasteiger partial charge on any atom is -0.507 e. The van der Waals surface area contributed by atoms with Crippen LogP contribution in [-0.4, -0.2) is 38.8 Å². The van der Waals surface area contributed by atoms with Gasteiger partial charge in [-0.05, 0) is 62.3 Å². The van der Waals surface area contributed by atoms with Gasteiger partial charge in [-0.1, -0.05) is 23.8 Å². The fourth-order valence-electron chi connectivity index (χ4n) is 5.90. The highest BCUT2D eigenvalue weighted by molar-refractivity contribution is 6.23. The van der Waals surface area contributed by atoms with Gasteiger partial charge in [-0.3, -0.25) is 24.4 Å². The highest BCUT2D eigenvalue weighted by Crippen LogP contribution is 2.55. The molecule has 0 spiro atoms. The molecule has 0 radical (unpaired) electrons. The number of rotatable bonds is 1. The van der Waals surface area contributed by atoms with Crippen LogP contribution in [0.4, 0.5) is 0 Å². The average molecular weight is 433 g/mol. The van der Waals surface area contributed by atoms with Crippen molar-refractivity contribution in [3.63, 3.8) is 0 Å². The molecule has 5 rings (SSSR count). The number of allylic oxidation sites excluding steroid dienone is 6. The highest BCUT2D eigenvalue weighted by Gasteiger charge is 2.56. The van der Waals surface area contributed by atoms with Crippen molar-refractivity contribution in [3.8, 4) is 5.75 Å². The smallest absolute Gasteiger partial charge is 0.257 e. The lowest BCUT2D eigenvalue weighted by molar-refractivity contribution is -0.173. The van der Waals surface area contributed by atoms with Crippen LogP contribution in [0, 0.1) is 31.6 Å². The van der Waals surface area contributed by atoms with Gasteiger partial charge in [0.1, 0.15) is 5.75 Å². The number of aryl methyl sites for hydroxylation is 2. The summed E-state index contributed by atoms with van der Waals surface area (Å²) in [6.45, 7) is 5.14. The van der Waals surface area contributed by atoms with Crippen LogP contribution >= 0.6 is 0 Å². The third-order valence-electron chi connectivity index (χ3n) is 7.39. The van der Waals surface area contributed by atoms with Crippen LogP contribution in [0.1, 0.15) is 42.4 Å². The molecule has 1 aromatic rings. The van der Waals surface area contributed by atoms with Gasteiger partial charge >= 0.3 is 0 Å². The Morgan fingerprint density at radius 3 is 2.28 bits per heavy atom. The molecule has 7 nitrogen and oxygen atoms in total. The van der Waals surface area contributed by atoms with Gasteiger partial charge in [0.2, 0.25) is 0 Å². The standard InChI is InChI=1S/C25H23NO6/c1-10-6-13(7-11(2)22(10)28)19-14-4-5-15-20(25(31)26(32)24(15)30)16(14)9-17-21(19)18(27)8-12(3)23(17)29/h4,6-8,15-16,19-20,28,32H,5,9H2,1-3H3/t15-,16+,19-,20-/m0/s1. The zero-order chi connectivity index (χ0) is 23.1. The van der Waals surface area contributed by atoms with Crippen molar-refractivity contribution in [2.45, 2.75) is 39.5 Å². The van der Waals surface area contributed by atoms with Crippen molar-refractivity contribution >= 4 is 23.4 Å². The molecular formula is C25H23NO6. The highest BCUT2D eigenvalue weighted by atomic mass is 16.5. The maximum atomic E-state index is 13.1. The molecule has 1 aromatic carbocycles. The van der Waals surface area contributed by atoms with Crippen molar-refractivity contribution in [1.29, 1.82) is 0 Å². The number of phenols is 1. The first-order valence-corrected chi connectivity index (χ1v) is 10.7. The zero-order valence-electron chi connectivity index (χ0n) is 18.0. The van der Waals surface area contributed by atoms with Crippen molar-refractivity contribution in [2.24, 2.45) is 17.8 Å². The van der Waals surface area contributed by atoms with Crippen LogP contribution < -0.4 is 0 Å². The predicted molar refractivity (Wildman–Crippen MR) is 113 cm³/mol. The van der Waals surface area contributed by atoms with Gasteiger partial charge < -0.3 is 5.11 Å². The Bertz CT molecular complexity index is 1210. The van der Waals surface area contributed by atoms with Crippen LogP contribution in [0.15, 0.2) is 46.6 Å². The van der Waals surface area contributed by atoms with E-state index in [1.165, 1.54) is 6.08 Å². The molecule has 32 heavy (non-hydrogen) atoms. The first kappa shape index (κ1) is 20.6. The molecule has 164 valence electrons. The van der Waals surface area contributed by atoms with E-state index in [0.717, 1.165) is 11.1 Å². The summed E-state index contributed by atoms with van der Waals surface area (Å²) in [5, 5.41) is 20.5. The van der Waals surface area contributed by atoms with Crippen LogP contribution in [0.3, 0.4) is 0 Å². The fourth-order valence-corrected chi connectivity index (χ4v) is 5.90. The van der Waals surface area contributed by atoms with Gasteiger partial charge in [0.25, 0.3) is 11.8 Å². The summed E-state index contributed by atoms with van der Waals surface area (Å²) < 4.78 is 0. The van der Waals surface area contributed by atoms with Crippen LogP contribution in [0.2, 0.25) is 0 Å². The van der Waals surface area contributed by atoms with Crippen LogP contribution in [0.5, 0.6) is 5.75 Å². The van der Waals surface area contributed by atoms with Crippen molar-refractivity contribution in [2.75, 3.05) is 0 Å². The van der Waals surface area contributed by atoms with Gasteiger partial charge in [-0.15, -0.1) is 0 Å². The van der Waals surface area contributed by atoms with Gasteiger partial charge in [0.15, 0.2) is 11.6 Å². The zero-order valence-corrected chi connectivity index (χ0v) is 18.0. The molecule has 1 aliphatic heterocycles. The summed E-state index contributed by atoms with van der Waals surface area (Å²) in [6, 6.07) is 3.60. The third-order valence-corrected chi connectivity index (χ3v) is 7.39. The van der Waals surface area contributed by atoms with E-state index in [-0.39, 0.29) is 35.2 Å². The molecule has 2 amide bonds. The number of nitrogens with zero attached hydrogens (tertiary/aromatic N) is 1. The first-order valence-electron chi connectivity index (χ1n) is 10.7. The molecule has 0 aromatic heterocycles. The Hall–Kier alpha value is -3.32. The Morgan fingerprint density at radius 2 is 1.62 bits per heavy atom. The number of Topliss-reactive ketones (excluding diaryl/α,β-unsaturated/α-hetero) is 1. The summed E-state index contributed by atoms with van der Waals surface area (Å²) >= 11 is 0. The van der Waals surface area contributed by atoms with E-state index in [9.17, 15) is 29.5 Å². The predicted octanol–water partition coefficient (Wildman–Crippen LogP) is 2.83. The van der Waals surface area contributed by atoms with Gasteiger partial charge in [0.05, 0.1) is 11.8 Å². The summed E-state index contributed by atoms with van der Waals surface area (Å²) in [4.78, 5) is 51.4. The van der Waals surface area contributed by atoms with Gasteiger partial charge in [-0.2, -0.15) is 5.06 Å². The molecule has 7 heteroatoms. The largest absolute Gasteiger partial charge is 0.507 e. The minimum atomic E-state index is -0.766. The van der Waals surface area contributed by atoms with Crippen molar-refractivity contribution in [1.82, 2.24) is 5.06 Å². The topological polar surface area (TPSA) is 112 Å². The number of hydrogen-bond acceptors (Lipinski definition) is 6. The van der Waals surface area contributed by atoms with E-state index in [0.29, 0.717) is 27.8 Å². The van der Waals surface area contributed by atoms with E-state index < -0.39 is 35.5 Å². The second kappa shape index (κ2) is 6.84. The number of carbonyl (C=O) groups excluding carboxylic acids is 4. The Labute approximate surface area is 184 Å². The third kappa shape index (κ3) is 2.64. The van der Waals surface area contributed by atoms with E-state index in [1.54, 1.807) is 32.9 Å². The normalized spacial score (nSPS) is 29.6. The maximum absolute atomic E-state index is 13.1. The van der Waals surface area contributed by atoms with Crippen LogP contribution in [0.25, 0.3) is 0 Å². The van der Waals surface area contributed by atoms with Gasteiger partial charge in [-0.25, -0.2) is 0 Å². The molecule has 4 atom stereocenters. The molecule has 0 bridgehead atoms. The number of phenolic OH excluding ortho intramolecular Hbond substituents is 1. The average Bonchev–Trinajstić information content (AvgIpc) is 2.98. The number of carbonyl (C=O) groups is 4. The molecule has 1 heterocycles. The Kier molecular flexibility index (Phi) is 4.40. The van der Waals surface area contributed by atoms with E-state index in [1.807, 2.05) is 6.08 Å². The van der Waals surface area contributed by atoms with E-state index >= 15 is 0 Å². The first-order chi connectivity index (χ1) is 15.1. The molecule has 0 unspecified atom stereocenters. The number of aromatic hydroxyl groups is 1. The molecule has 2 N–H and O–H groups in total. The number of imide groups is 1. The molecule has 4 aliphatic rings. The van der Waals surface area contributed by atoms with Crippen molar-refractivity contribution in [3.05, 3.63) is 63.3 Å².